The first-order valence-electron chi connectivity index (χ1n) is 5.07. The van der Waals surface area contributed by atoms with Crippen molar-refractivity contribution in [3.63, 3.8) is 0 Å². The smallest absolute Gasteiger partial charge is 0.119 e. The molecule has 0 N–H and O–H groups in total. The lowest BCUT2D eigenvalue weighted by atomic mass is 10.1. The molecule has 0 aliphatic rings. The molecule has 1 rings (SSSR count). The van der Waals surface area contributed by atoms with Gasteiger partial charge in [-0.15, -0.1) is 0 Å². The van der Waals surface area contributed by atoms with Gasteiger partial charge in [0.1, 0.15) is 5.75 Å². The summed E-state index contributed by atoms with van der Waals surface area (Å²) >= 11 is 5.76. The molecule has 0 aromatic heterocycles. The molecule has 1 aromatic carbocycles. The number of hydrogen-bond donors (Lipinski definition) is 0. The fourth-order valence-corrected chi connectivity index (χ4v) is 1.34. The van der Waals surface area contributed by atoms with Crippen molar-refractivity contribution in [3.05, 3.63) is 29.3 Å². The van der Waals surface area contributed by atoms with Crippen molar-refractivity contribution < 1.29 is 4.74 Å². The van der Waals surface area contributed by atoms with Crippen molar-refractivity contribution in [2.75, 3.05) is 6.61 Å². The van der Waals surface area contributed by atoms with Crippen LogP contribution in [-0.2, 0) is 0 Å². The lowest BCUT2D eigenvalue weighted by molar-refractivity contribution is 0.298. The van der Waals surface area contributed by atoms with Crippen LogP contribution in [0.15, 0.2) is 24.3 Å². The topological polar surface area (TPSA) is 9.23 Å². The minimum absolute atomic E-state index is 0.750. The Kier molecular flexibility index (Phi) is 4.81. The van der Waals surface area contributed by atoms with E-state index in [1.165, 1.54) is 6.42 Å². The van der Waals surface area contributed by atoms with E-state index in [1.54, 1.807) is 0 Å². The first kappa shape index (κ1) is 11.4. The highest BCUT2D eigenvalue weighted by Crippen LogP contribution is 2.16. The van der Waals surface area contributed by atoms with Crippen LogP contribution in [0.5, 0.6) is 5.75 Å². The summed E-state index contributed by atoms with van der Waals surface area (Å²) < 4.78 is 5.55. The third kappa shape index (κ3) is 4.52. The van der Waals surface area contributed by atoms with Gasteiger partial charge in [-0.25, -0.2) is 0 Å². The monoisotopic (exact) mass is 212 g/mol. The molecule has 0 radical (unpaired) electrons. The molecule has 0 unspecified atom stereocenters. The number of halogens is 1. The maximum atomic E-state index is 5.76. The van der Waals surface area contributed by atoms with Gasteiger partial charge in [0.25, 0.3) is 0 Å². The molecule has 1 nitrogen and oxygen atoms in total. The molecule has 0 aliphatic carbocycles. The number of hydrogen-bond acceptors (Lipinski definition) is 1. The van der Waals surface area contributed by atoms with Gasteiger partial charge in [-0.2, -0.15) is 0 Å². The number of benzene rings is 1. The lowest BCUT2D eigenvalue weighted by Crippen LogP contribution is -1.99. The van der Waals surface area contributed by atoms with Gasteiger partial charge < -0.3 is 4.74 Å². The molecule has 0 heterocycles. The normalized spacial score (nSPS) is 10.6. The van der Waals surface area contributed by atoms with Crippen molar-refractivity contribution in [1.82, 2.24) is 0 Å². The van der Waals surface area contributed by atoms with Gasteiger partial charge in [-0.3, -0.25) is 0 Å². The van der Waals surface area contributed by atoms with E-state index in [-0.39, 0.29) is 0 Å². The highest BCUT2D eigenvalue weighted by molar-refractivity contribution is 6.30. The van der Waals surface area contributed by atoms with E-state index in [0.717, 1.165) is 29.7 Å². The van der Waals surface area contributed by atoms with Gasteiger partial charge in [-0.05, 0) is 43.0 Å². The van der Waals surface area contributed by atoms with Crippen LogP contribution >= 0.6 is 11.6 Å². The van der Waals surface area contributed by atoms with E-state index < -0.39 is 0 Å². The van der Waals surface area contributed by atoms with Crippen molar-refractivity contribution in [2.24, 2.45) is 5.92 Å². The molecule has 0 saturated heterocycles. The summed E-state index contributed by atoms with van der Waals surface area (Å²) in [6, 6.07) is 7.49. The van der Waals surface area contributed by atoms with E-state index in [4.69, 9.17) is 16.3 Å². The van der Waals surface area contributed by atoms with Gasteiger partial charge in [0.2, 0.25) is 0 Å². The highest BCUT2D eigenvalue weighted by atomic mass is 35.5. The van der Waals surface area contributed by atoms with Crippen LogP contribution in [0.3, 0.4) is 0 Å². The Labute approximate surface area is 91.0 Å². The number of ether oxygens (including phenoxy) is 1. The molecule has 2 heteroatoms. The number of rotatable bonds is 5. The van der Waals surface area contributed by atoms with E-state index >= 15 is 0 Å². The predicted molar refractivity (Wildman–Crippen MR) is 61.0 cm³/mol. The summed E-state index contributed by atoms with van der Waals surface area (Å²) in [5, 5.41) is 0.750. The summed E-state index contributed by atoms with van der Waals surface area (Å²) in [4.78, 5) is 0. The second kappa shape index (κ2) is 5.92. The average Bonchev–Trinajstić information content (AvgIpc) is 2.15. The molecule has 14 heavy (non-hydrogen) atoms. The maximum Gasteiger partial charge on any atom is 0.119 e. The van der Waals surface area contributed by atoms with Crippen LogP contribution in [0.25, 0.3) is 0 Å². The highest BCUT2D eigenvalue weighted by Gasteiger charge is 1.96. The summed E-state index contributed by atoms with van der Waals surface area (Å²) in [5.74, 6) is 1.65. The Morgan fingerprint density at radius 2 is 1.86 bits per heavy atom. The second-order valence-corrected chi connectivity index (χ2v) is 4.27. The van der Waals surface area contributed by atoms with Gasteiger partial charge >= 0.3 is 0 Å². The minimum atomic E-state index is 0.750. The fourth-order valence-electron chi connectivity index (χ4n) is 1.21. The molecule has 1 aromatic rings. The van der Waals surface area contributed by atoms with Crippen molar-refractivity contribution in [1.29, 1.82) is 0 Å². The van der Waals surface area contributed by atoms with E-state index in [2.05, 4.69) is 13.8 Å². The van der Waals surface area contributed by atoms with E-state index in [1.807, 2.05) is 24.3 Å². The standard InChI is InChI=1S/C12H17ClO/c1-10(2)4-3-9-14-12-7-5-11(13)6-8-12/h5-8,10H,3-4,9H2,1-2H3. The van der Waals surface area contributed by atoms with Crippen LogP contribution in [0.1, 0.15) is 26.7 Å². The molecule has 0 fully saturated rings. The van der Waals surface area contributed by atoms with Crippen molar-refractivity contribution in [2.45, 2.75) is 26.7 Å². The molecule has 78 valence electrons. The van der Waals surface area contributed by atoms with Crippen LogP contribution in [0.4, 0.5) is 0 Å². The zero-order valence-electron chi connectivity index (χ0n) is 8.79. The van der Waals surface area contributed by atoms with Crippen molar-refractivity contribution >= 4 is 11.6 Å². The molecule has 0 amide bonds. The van der Waals surface area contributed by atoms with Crippen LogP contribution in [0.2, 0.25) is 5.02 Å². The molecule has 0 atom stereocenters. The Bertz CT molecular complexity index is 254. The van der Waals surface area contributed by atoms with Gasteiger partial charge in [-0.1, -0.05) is 25.4 Å². The summed E-state index contributed by atoms with van der Waals surface area (Å²) in [6.07, 6.45) is 2.33. The second-order valence-electron chi connectivity index (χ2n) is 3.84. The first-order valence-corrected chi connectivity index (χ1v) is 5.44. The van der Waals surface area contributed by atoms with Crippen molar-refractivity contribution in [3.8, 4) is 5.75 Å². The van der Waals surface area contributed by atoms with Crippen LogP contribution in [0, 0.1) is 5.92 Å². The fraction of sp³-hybridized carbons (Fsp3) is 0.500. The zero-order valence-corrected chi connectivity index (χ0v) is 9.55. The maximum absolute atomic E-state index is 5.76. The Hall–Kier alpha value is -0.690. The first-order chi connectivity index (χ1) is 6.68. The lowest BCUT2D eigenvalue weighted by Gasteiger charge is -2.07. The zero-order chi connectivity index (χ0) is 10.4. The molecule has 0 bridgehead atoms. The summed E-state index contributed by atoms with van der Waals surface area (Å²) in [7, 11) is 0. The van der Waals surface area contributed by atoms with E-state index in [9.17, 15) is 0 Å². The summed E-state index contributed by atoms with van der Waals surface area (Å²) in [6.45, 7) is 5.24. The average molecular weight is 213 g/mol. The Balaban J connectivity index is 2.21. The molecular formula is C12H17ClO. The Morgan fingerprint density at radius 1 is 1.21 bits per heavy atom. The van der Waals surface area contributed by atoms with Gasteiger partial charge in [0.15, 0.2) is 0 Å². The minimum Gasteiger partial charge on any atom is -0.494 e. The van der Waals surface area contributed by atoms with Crippen LogP contribution in [-0.4, -0.2) is 6.61 Å². The van der Waals surface area contributed by atoms with Crippen LogP contribution < -0.4 is 4.74 Å². The predicted octanol–water partition coefficient (Wildman–Crippen LogP) is 4.16. The summed E-state index contributed by atoms with van der Waals surface area (Å²) in [5.41, 5.74) is 0. The quantitative estimate of drug-likeness (QED) is 0.667. The molecule has 0 aliphatic heterocycles. The molecular weight excluding hydrogens is 196 g/mol. The van der Waals surface area contributed by atoms with Gasteiger partial charge in [0.05, 0.1) is 6.61 Å². The molecule has 0 spiro atoms. The Morgan fingerprint density at radius 3 is 2.43 bits per heavy atom. The SMILES string of the molecule is CC(C)CCCOc1ccc(Cl)cc1. The largest absolute Gasteiger partial charge is 0.494 e. The third-order valence-electron chi connectivity index (χ3n) is 2.01. The van der Waals surface area contributed by atoms with E-state index in [0.29, 0.717) is 0 Å². The third-order valence-corrected chi connectivity index (χ3v) is 2.26. The molecule has 0 saturated carbocycles. The van der Waals surface area contributed by atoms with Gasteiger partial charge in [0, 0.05) is 5.02 Å².